The van der Waals surface area contributed by atoms with E-state index in [4.69, 9.17) is 0 Å². The molecule has 0 radical (unpaired) electrons. The molecular formula is C15H18N4O2S. The third-order valence-corrected chi connectivity index (χ3v) is 4.45. The number of carbonyl (C=O) groups excluding carboxylic acids is 1. The predicted octanol–water partition coefficient (Wildman–Crippen LogP) is 1.10. The molecule has 22 heavy (non-hydrogen) atoms. The number of nitrogens with zero attached hydrogens (tertiary/aromatic N) is 3. The van der Waals surface area contributed by atoms with E-state index < -0.39 is 0 Å². The van der Waals surface area contributed by atoms with Gasteiger partial charge in [-0.1, -0.05) is 0 Å². The van der Waals surface area contributed by atoms with Gasteiger partial charge in [0.15, 0.2) is 0 Å². The SMILES string of the molecule is Cc1ccc(C(=O)N2CCN(Cc3cscn3)CC2)c(=O)[nH]1. The van der Waals surface area contributed by atoms with Crippen LogP contribution in [0.1, 0.15) is 21.7 Å². The van der Waals surface area contributed by atoms with Crippen molar-refractivity contribution < 1.29 is 4.79 Å². The average molecular weight is 318 g/mol. The van der Waals surface area contributed by atoms with Gasteiger partial charge in [-0.25, -0.2) is 4.98 Å². The first-order chi connectivity index (χ1) is 10.6. The predicted molar refractivity (Wildman–Crippen MR) is 85.1 cm³/mol. The first-order valence-corrected chi connectivity index (χ1v) is 8.16. The Hall–Kier alpha value is -1.99. The quantitative estimate of drug-likeness (QED) is 0.920. The summed E-state index contributed by atoms with van der Waals surface area (Å²) in [5, 5.41) is 2.05. The summed E-state index contributed by atoms with van der Waals surface area (Å²) in [4.78, 5) is 35.3. The maximum atomic E-state index is 12.4. The van der Waals surface area contributed by atoms with Crippen molar-refractivity contribution >= 4 is 17.2 Å². The lowest BCUT2D eigenvalue weighted by atomic mass is 10.2. The zero-order valence-corrected chi connectivity index (χ0v) is 13.2. The number of rotatable bonds is 3. The number of carbonyl (C=O) groups is 1. The molecule has 1 aliphatic rings. The largest absolute Gasteiger partial charge is 0.336 e. The van der Waals surface area contributed by atoms with Gasteiger partial charge < -0.3 is 9.88 Å². The van der Waals surface area contributed by atoms with Crippen molar-refractivity contribution in [1.29, 1.82) is 0 Å². The molecule has 2 aromatic heterocycles. The monoisotopic (exact) mass is 318 g/mol. The average Bonchev–Trinajstić information content (AvgIpc) is 3.00. The number of amides is 1. The Morgan fingerprint density at radius 3 is 2.73 bits per heavy atom. The van der Waals surface area contributed by atoms with Gasteiger partial charge in [0, 0.05) is 43.8 Å². The van der Waals surface area contributed by atoms with Gasteiger partial charge >= 0.3 is 0 Å². The van der Waals surface area contributed by atoms with E-state index in [0.717, 1.165) is 31.0 Å². The smallest absolute Gasteiger partial charge is 0.260 e. The topological polar surface area (TPSA) is 69.3 Å². The van der Waals surface area contributed by atoms with Gasteiger partial charge in [0.1, 0.15) is 5.56 Å². The normalized spacial score (nSPS) is 16.0. The van der Waals surface area contributed by atoms with Crippen LogP contribution in [0.15, 0.2) is 27.8 Å². The van der Waals surface area contributed by atoms with E-state index in [1.165, 1.54) is 0 Å². The van der Waals surface area contributed by atoms with Crippen LogP contribution in [-0.2, 0) is 6.54 Å². The lowest BCUT2D eigenvalue weighted by Crippen LogP contribution is -2.49. The van der Waals surface area contributed by atoms with Gasteiger partial charge in [0.25, 0.3) is 11.5 Å². The van der Waals surface area contributed by atoms with Gasteiger partial charge in [0.2, 0.25) is 0 Å². The summed E-state index contributed by atoms with van der Waals surface area (Å²) in [6.07, 6.45) is 0. The summed E-state index contributed by atoms with van der Waals surface area (Å²) < 4.78 is 0. The van der Waals surface area contributed by atoms with E-state index in [1.807, 2.05) is 10.9 Å². The molecule has 0 unspecified atom stereocenters. The Morgan fingerprint density at radius 2 is 2.09 bits per heavy atom. The van der Waals surface area contributed by atoms with Crippen LogP contribution in [0.5, 0.6) is 0 Å². The fourth-order valence-corrected chi connectivity index (χ4v) is 3.11. The van der Waals surface area contributed by atoms with Gasteiger partial charge in [-0.15, -0.1) is 11.3 Å². The minimum Gasteiger partial charge on any atom is -0.336 e. The fourth-order valence-electron chi connectivity index (χ4n) is 2.56. The van der Waals surface area contributed by atoms with Crippen LogP contribution in [-0.4, -0.2) is 51.9 Å². The molecule has 3 rings (SSSR count). The molecule has 6 nitrogen and oxygen atoms in total. The molecule has 1 aliphatic heterocycles. The van der Waals surface area contributed by atoms with E-state index in [2.05, 4.69) is 14.9 Å². The molecule has 1 amide bonds. The van der Waals surface area contributed by atoms with Crippen molar-refractivity contribution in [1.82, 2.24) is 19.8 Å². The maximum Gasteiger partial charge on any atom is 0.260 e. The molecule has 0 saturated carbocycles. The highest BCUT2D eigenvalue weighted by molar-refractivity contribution is 7.07. The first-order valence-electron chi connectivity index (χ1n) is 7.22. The molecular weight excluding hydrogens is 300 g/mol. The van der Waals surface area contributed by atoms with E-state index >= 15 is 0 Å². The highest BCUT2D eigenvalue weighted by Gasteiger charge is 2.24. The zero-order chi connectivity index (χ0) is 15.5. The number of aryl methyl sites for hydroxylation is 1. The van der Waals surface area contributed by atoms with E-state index in [-0.39, 0.29) is 17.0 Å². The van der Waals surface area contributed by atoms with Crippen molar-refractivity contribution in [2.45, 2.75) is 13.5 Å². The van der Waals surface area contributed by atoms with Crippen molar-refractivity contribution in [3.63, 3.8) is 0 Å². The maximum absolute atomic E-state index is 12.4. The van der Waals surface area contributed by atoms with Crippen LogP contribution >= 0.6 is 11.3 Å². The van der Waals surface area contributed by atoms with Gasteiger partial charge in [-0.3, -0.25) is 14.5 Å². The molecule has 116 valence electrons. The van der Waals surface area contributed by atoms with Crippen molar-refractivity contribution in [3.05, 3.63) is 50.3 Å². The molecule has 0 aliphatic carbocycles. The zero-order valence-electron chi connectivity index (χ0n) is 12.4. The summed E-state index contributed by atoms with van der Waals surface area (Å²) in [5.74, 6) is -0.186. The van der Waals surface area contributed by atoms with E-state index in [0.29, 0.717) is 13.1 Å². The Bertz CT molecular complexity index is 703. The standard InChI is InChI=1S/C15H18N4O2S/c1-11-2-3-13(14(20)17-11)15(21)19-6-4-18(5-7-19)8-12-9-22-10-16-12/h2-3,9-10H,4-8H2,1H3,(H,17,20). The van der Waals surface area contributed by atoms with Crippen LogP contribution in [0.25, 0.3) is 0 Å². The summed E-state index contributed by atoms with van der Waals surface area (Å²) in [6, 6.07) is 3.37. The number of nitrogens with one attached hydrogen (secondary N) is 1. The highest BCUT2D eigenvalue weighted by atomic mass is 32.1. The third kappa shape index (κ3) is 3.26. The molecule has 1 saturated heterocycles. The Morgan fingerprint density at radius 1 is 1.32 bits per heavy atom. The second-order valence-corrected chi connectivity index (χ2v) is 6.15. The van der Waals surface area contributed by atoms with Crippen LogP contribution in [0.2, 0.25) is 0 Å². The fraction of sp³-hybridized carbons (Fsp3) is 0.400. The number of piperazine rings is 1. The molecule has 1 N–H and O–H groups in total. The van der Waals surface area contributed by atoms with Crippen LogP contribution < -0.4 is 5.56 Å². The lowest BCUT2D eigenvalue weighted by Gasteiger charge is -2.34. The van der Waals surface area contributed by atoms with E-state index in [1.54, 1.807) is 35.3 Å². The number of hydrogen-bond donors (Lipinski definition) is 1. The number of aromatic nitrogens is 2. The second kappa shape index (κ2) is 6.41. The van der Waals surface area contributed by atoms with E-state index in [9.17, 15) is 9.59 Å². The molecule has 7 heteroatoms. The molecule has 3 heterocycles. The van der Waals surface area contributed by atoms with Crippen molar-refractivity contribution in [3.8, 4) is 0 Å². The number of H-pyrrole nitrogens is 1. The minimum absolute atomic E-state index is 0.186. The van der Waals surface area contributed by atoms with Crippen molar-refractivity contribution in [2.24, 2.45) is 0 Å². The first kappa shape index (κ1) is 14.9. The van der Waals surface area contributed by atoms with Crippen LogP contribution in [0.3, 0.4) is 0 Å². The number of hydrogen-bond acceptors (Lipinski definition) is 5. The Kier molecular flexibility index (Phi) is 4.35. The van der Waals surface area contributed by atoms with Gasteiger partial charge in [-0.05, 0) is 19.1 Å². The second-order valence-electron chi connectivity index (χ2n) is 5.43. The Labute approximate surface area is 132 Å². The number of pyridine rings is 1. The summed E-state index contributed by atoms with van der Waals surface area (Å²) in [5.41, 5.74) is 3.57. The van der Waals surface area contributed by atoms with Gasteiger partial charge in [0.05, 0.1) is 11.2 Å². The van der Waals surface area contributed by atoms with Crippen LogP contribution in [0.4, 0.5) is 0 Å². The molecule has 0 spiro atoms. The molecule has 0 aromatic carbocycles. The summed E-state index contributed by atoms with van der Waals surface area (Å²) in [6.45, 7) is 5.48. The third-order valence-electron chi connectivity index (χ3n) is 3.81. The summed E-state index contributed by atoms with van der Waals surface area (Å²) >= 11 is 1.59. The van der Waals surface area contributed by atoms with Crippen molar-refractivity contribution in [2.75, 3.05) is 26.2 Å². The molecule has 0 bridgehead atoms. The number of thiazole rings is 1. The molecule has 1 fully saturated rings. The molecule has 2 aromatic rings. The van der Waals surface area contributed by atoms with Crippen LogP contribution in [0, 0.1) is 6.92 Å². The van der Waals surface area contributed by atoms with Gasteiger partial charge in [-0.2, -0.15) is 0 Å². The molecule has 0 atom stereocenters. The number of aromatic amines is 1. The lowest BCUT2D eigenvalue weighted by molar-refractivity contribution is 0.0625. The summed E-state index contributed by atoms with van der Waals surface area (Å²) in [7, 11) is 0. The Balaban J connectivity index is 1.61. The minimum atomic E-state index is -0.310. The highest BCUT2D eigenvalue weighted by Crippen LogP contribution is 2.10.